The summed E-state index contributed by atoms with van der Waals surface area (Å²) < 4.78 is 24.2. The molecule has 1 unspecified atom stereocenters. The van der Waals surface area contributed by atoms with Gasteiger partial charge in [0.2, 0.25) is 0 Å². The molecule has 1 heterocycles. The van der Waals surface area contributed by atoms with Crippen LogP contribution in [0.15, 0.2) is 35.2 Å². The molecule has 7 heteroatoms. The van der Waals surface area contributed by atoms with Crippen molar-refractivity contribution in [2.24, 2.45) is 5.92 Å². The van der Waals surface area contributed by atoms with Gasteiger partial charge in [-0.05, 0) is 30.9 Å². The fourth-order valence-corrected chi connectivity index (χ4v) is 3.73. The molecule has 1 saturated heterocycles. The van der Waals surface area contributed by atoms with Crippen LogP contribution in [0.25, 0.3) is 0 Å². The number of amides is 2. The number of benzene rings is 1. The fourth-order valence-electron chi connectivity index (χ4n) is 2.55. The van der Waals surface area contributed by atoms with Crippen molar-refractivity contribution in [3.05, 3.63) is 30.3 Å². The molecule has 1 aliphatic heterocycles. The maximum atomic E-state index is 12.1. The van der Waals surface area contributed by atoms with Crippen molar-refractivity contribution in [3.8, 4) is 0 Å². The van der Waals surface area contributed by atoms with Crippen LogP contribution in [-0.4, -0.2) is 56.4 Å². The number of hydrogen-bond donors (Lipinski definition) is 2. The van der Waals surface area contributed by atoms with E-state index in [0.717, 1.165) is 12.8 Å². The minimum Gasteiger partial charge on any atom is -0.396 e. The molecule has 0 spiro atoms. The third-order valence-electron chi connectivity index (χ3n) is 3.81. The van der Waals surface area contributed by atoms with Crippen molar-refractivity contribution < 1.29 is 18.3 Å². The van der Waals surface area contributed by atoms with Crippen LogP contribution in [0.3, 0.4) is 0 Å². The highest BCUT2D eigenvalue weighted by molar-refractivity contribution is 7.91. The van der Waals surface area contributed by atoms with Gasteiger partial charge in [-0.25, -0.2) is 13.2 Å². The van der Waals surface area contributed by atoms with Crippen LogP contribution in [0.5, 0.6) is 0 Å². The third-order valence-corrected chi connectivity index (χ3v) is 5.55. The Morgan fingerprint density at radius 1 is 1.32 bits per heavy atom. The number of aliphatic hydroxyl groups is 1. The first kappa shape index (κ1) is 16.8. The number of likely N-dealkylation sites (tertiary alicyclic amines) is 1. The lowest BCUT2D eigenvalue weighted by Crippen LogP contribution is -2.47. The largest absolute Gasteiger partial charge is 0.396 e. The highest BCUT2D eigenvalue weighted by Crippen LogP contribution is 2.15. The van der Waals surface area contributed by atoms with E-state index in [1.54, 1.807) is 35.2 Å². The molecule has 0 aromatic heterocycles. The van der Waals surface area contributed by atoms with E-state index >= 15 is 0 Å². The van der Waals surface area contributed by atoms with Crippen LogP contribution in [0.2, 0.25) is 0 Å². The Labute approximate surface area is 131 Å². The molecule has 1 atom stereocenters. The van der Waals surface area contributed by atoms with E-state index in [1.165, 1.54) is 0 Å². The second kappa shape index (κ2) is 7.60. The van der Waals surface area contributed by atoms with Crippen LogP contribution in [0.1, 0.15) is 12.8 Å². The Bertz CT molecular complexity index is 589. The van der Waals surface area contributed by atoms with Gasteiger partial charge in [-0.1, -0.05) is 18.2 Å². The number of carbonyl (C=O) groups is 1. The summed E-state index contributed by atoms with van der Waals surface area (Å²) in [5.41, 5.74) is 0. The molecule has 122 valence electrons. The number of carbonyl (C=O) groups excluding carboxylic acids is 1. The molecule has 22 heavy (non-hydrogen) atoms. The molecule has 0 bridgehead atoms. The quantitative estimate of drug-likeness (QED) is 0.841. The van der Waals surface area contributed by atoms with Crippen LogP contribution < -0.4 is 5.32 Å². The topological polar surface area (TPSA) is 86.7 Å². The number of piperidine rings is 1. The zero-order chi connectivity index (χ0) is 16.0. The van der Waals surface area contributed by atoms with E-state index < -0.39 is 9.84 Å². The van der Waals surface area contributed by atoms with Crippen LogP contribution >= 0.6 is 0 Å². The first-order valence-corrected chi connectivity index (χ1v) is 9.09. The second-order valence-corrected chi connectivity index (χ2v) is 7.61. The Balaban J connectivity index is 1.82. The van der Waals surface area contributed by atoms with Crippen LogP contribution in [0.4, 0.5) is 4.79 Å². The van der Waals surface area contributed by atoms with Gasteiger partial charge < -0.3 is 15.3 Å². The lowest BCUT2D eigenvalue weighted by molar-refractivity contribution is 0.130. The third kappa shape index (κ3) is 4.45. The van der Waals surface area contributed by atoms with E-state index in [-0.39, 0.29) is 35.7 Å². The predicted octanol–water partition coefficient (Wildman–Crippen LogP) is 0.874. The standard InChI is InChI=1S/C15H22N2O4S/c18-12-13-5-4-9-17(11-13)15(19)16-8-10-22(20,21)14-6-2-1-3-7-14/h1-3,6-7,13,18H,4-5,8-12H2,(H,16,19). The molecule has 2 rings (SSSR count). The smallest absolute Gasteiger partial charge is 0.317 e. The number of sulfone groups is 1. The van der Waals surface area contributed by atoms with Crippen molar-refractivity contribution >= 4 is 15.9 Å². The first-order valence-electron chi connectivity index (χ1n) is 7.44. The first-order chi connectivity index (χ1) is 10.5. The summed E-state index contributed by atoms with van der Waals surface area (Å²) in [6.45, 7) is 1.32. The van der Waals surface area contributed by atoms with Gasteiger partial charge in [-0.3, -0.25) is 0 Å². The minimum atomic E-state index is -3.38. The van der Waals surface area contributed by atoms with Gasteiger partial charge in [0.1, 0.15) is 0 Å². The summed E-state index contributed by atoms with van der Waals surface area (Å²) in [6, 6.07) is 7.94. The number of aliphatic hydroxyl groups excluding tert-OH is 1. The Kier molecular flexibility index (Phi) is 5.79. The van der Waals surface area contributed by atoms with E-state index in [1.807, 2.05) is 0 Å². The SMILES string of the molecule is O=C(NCCS(=O)(=O)c1ccccc1)N1CCCC(CO)C1. The van der Waals surface area contributed by atoms with Crippen molar-refractivity contribution in [2.75, 3.05) is 32.0 Å². The van der Waals surface area contributed by atoms with Gasteiger partial charge in [0.25, 0.3) is 0 Å². The Morgan fingerprint density at radius 2 is 2.05 bits per heavy atom. The molecule has 1 aromatic carbocycles. The molecular weight excluding hydrogens is 304 g/mol. The molecule has 2 amide bonds. The second-order valence-electron chi connectivity index (χ2n) is 5.50. The van der Waals surface area contributed by atoms with E-state index in [4.69, 9.17) is 5.11 Å². The van der Waals surface area contributed by atoms with Gasteiger partial charge in [-0.15, -0.1) is 0 Å². The zero-order valence-corrected chi connectivity index (χ0v) is 13.3. The van der Waals surface area contributed by atoms with E-state index in [2.05, 4.69) is 5.32 Å². The predicted molar refractivity (Wildman–Crippen MR) is 83.3 cm³/mol. The maximum absolute atomic E-state index is 12.1. The lowest BCUT2D eigenvalue weighted by atomic mass is 9.99. The van der Waals surface area contributed by atoms with Crippen molar-refractivity contribution in [1.82, 2.24) is 10.2 Å². The molecule has 0 aliphatic carbocycles. The van der Waals surface area contributed by atoms with Gasteiger partial charge >= 0.3 is 6.03 Å². The Morgan fingerprint density at radius 3 is 2.73 bits per heavy atom. The van der Waals surface area contributed by atoms with Gasteiger partial charge in [0, 0.05) is 26.2 Å². The Hall–Kier alpha value is -1.60. The molecule has 1 fully saturated rings. The molecule has 0 radical (unpaired) electrons. The molecule has 0 saturated carbocycles. The zero-order valence-electron chi connectivity index (χ0n) is 12.4. The van der Waals surface area contributed by atoms with E-state index in [9.17, 15) is 13.2 Å². The highest BCUT2D eigenvalue weighted by Gasteiger charge is 2.23. The summed E-state index contributed by atoms with van der Waals surface area (Å²) in [5, 5.41) is 11.8. The van der Waals surface area contributed by atoms with Crippen molar-refractivity contribution in [3.63, 3.8) is 0 Å². The average Bonchev–Trinajstić information content (AvgIpc) is 2.55. The van der Waals surface area contributed by atoms with Crippen LogP contribution in [-0.2, 0) is 9.84 Å². The number of urea groups is 1. The lowest BCUT2D eigenvalue weighted by Gasteiger charge is -2.31. The molecular formula is C15H22N2O4S. The number of nitrogens with one attached hydrogen (secondary N) is 1. The number of hydrogen-bond acceptors (Lipinski definition) is 4. The molecule has 6 nitrogen and oxygen atoms in total. The summed E-state index contributed by atoms with van der Waals surface area (Å²) in [5.74, 6) is -0.00688. The summed E-state index contributed by atoms with van der Waals surface area (Å²) >= 11 is 0. The van der Waals surface area contributed by atoms with Crippen molar-refractivity contribution in [2.45, 2.75) is 17.7 Å². The van der Waals surface area contributed by atoms with Gasteiger partial charge in [0.05, 0.1) is 10.6 Å². The number of rotatable bonds is 5. The number of nitrogens with zero attached hydrogens (tertiary/aromatic N) is 1. The summed E-state index contributed by atoms with van der Waals surface area (Å²) in [7, 11) is -3.38. The highest BCUT2D eigenvalue weighted by atomic mass is 32.2. The fraction of sp³-hybridized carbons (Fsp3) is 0.533. The summed E-state index contributed by atoms with van der Waals surface area (Å²) in [4.78, 5) is 13.9. The van der Waals surface area contributed by atoms with Gasteiger partial charge in [-0.2, -0.15) is 0 Å². The monoisotopic (exact) mass is 326 g/mol. The minimum absolute atomic E-state index is 0.0756. The molecule has 1 aliphatic rings. The van der Waals surface area contributed by atoms with Crippen molar-refractivity contribution in [1.29, 1.82) is 0 Å². The van der Waals surface area contributed by atoms with Crippen LogP contribution in [0, 0.1) is 5.92 Å². The summed E-state index contributed by atoms with van der Waals surface area (Å²) in [6.07, 6.45) is 1.78. The molecule has 1 aromatic rings. The van der Waals surface area contributed by atoms with E-state index in [0.29, 0.717) is 13.1 Å². The molecule has 2 N–H and O–H groups in total. The average molecular weight is 326 g/mol. The maximum Gasteiger partial charge on any atom is 0.317 e. The van der Waals surface area contributed by atoms with Gasteiger partial charge in [0.15, 0.2) is 9.84 Å². The normalized spacial score (nSPS) is 19.0.